The van der Waals surface area contributed by atoms with Gasteiger partial charge in [0.05, 0.1) is 5.92 Å². The Balaban J connectivity index is 1.34. The topological polar surface area (TPSA) is 78.0 Å². The standard InChI is InChI=1S/C18H25N3O4S2/c22-16-12-14(13-21(16)15-4-1-2-5-15)18(23)19-7-9-20(10-8-19)27(24,25)17-6-3-11-26-17/h3,6,11,14-15H,1-2,4-5,7-10,12-13H2/t14-/m0/s1. The predicted molar refractivity (Wildman–Crippen MR) is 102 cm³/mol. The number of sulfonamides is 1. The Kier molecular flexibility index (Phi) is 5.26. The van der Waals surface area contributed by atoms with E-state index in [1.54, 1.807) is 22.4 Å². The van der Waals surface area contributed by atoms with E-state index in [-0.39, 0.29) is 17.7 Å². The minimum Gasteiger partial charge on any atom is -0.340 e. The maximum Gasteiger partial charge on any atom is 0.252 e. The first-order valence-electron chi connectivity index (χ1n) is 9.59. The molecule has 2 saturated heterocycles. The Morgan fingerprint density at radius 2 is 1.81 bits per heavy atom. The number of hydrogen-bond acceptors (Lipinski definition) is 5. The van der Waals surface area contributed by atoms with Crippen molar-refractivity contribution in [1.82, 2.24) is 14.1 Å². The third-order valence-electron chi connectivity index (χ3n) is 5.91. The van der Waals surface area contributed by atoms with Crippen LogP contribution in [0.3, 0.4) is 0 Å². The fourth-order valence-electron chi connectivity index (χ4n) is 4.41. The maximum atomic E-state index is 12.9. The van der Waals surface area contributed by atoms with Gasteiger partial charge >= 0.3 is 0 Å². The highest BCUT2D eigenvalue weighted by Gasteiger charge is 2.41. The van der Waals surface area contributed by atoms with Gasteiger partial charge in [0, 0.05) is 45.2 Å². The minimum atomic E-state index is -3.46. The van der Waals surface area contributed by atoms with Crippen LogP contribution in [0.5, 0.6) is 0 Å². The normalized spacial score (nSPS) is 25.5. The highest BCUT2D eigenvalue weighted by atomic mass is 32.2. The summed E-state index contributed by atoms with van der Waals surface area (Å²) in [5.74, 6) is -0.185. The van der Waals surface area contributed by atoms with Gasteiger partial charge in [-0.25, -0.2) is 8.42 Å². The Hall–Kier alpha value is -1.45. The fourth-order valence-corrected chi connectivity index (χ4v) is 6.98. The highest BCUT2D eigenvalue weighted by molar-refractivity contribution is 7.91. The highest BCUT2D eigenvalue weighted by Crippen LogP contribution is 2.30. The van der Waals surface area contributed by atoms with E-state index in [2.05, 4.69) is 0 Å². The van der Waals surface area contributed by atoms with Crippen molar-refractivity contribution in [3.63, 3.8) is 0 Å². The summed E-state index contributed by atoms with van der Waals surface area (Å²) < 4.78 is 27.0. The zero-order valence-corrected chi connectivity index (χ0v) is 16.9. The van der Waals surface area contributed by atoms with Gasteiger partial charge in [-0.1, -0.05) is 18.9 Å². The van der Waals surface area contributed by atoms with E-state index >= 15 is 0 Å². The first kappa shape index (κ1) is 18.9. The van der Waals surface area contributed by atoms with Gasteiger partial charge in [-0.2, -0.15) is 4.31 Å². The largest absolute Gasteiger partial charge is 0.340 e. The molecule has 3 heterocycles. The van der Waals surface area contributed by atoms with E-state index in [4.69, 9.17) is 0 Å². The number of thiophene rings is 1. The molecule has 148 valence electrons. The average Bonchev–Trinajstić information content (AvgIpc) is 3.42. The van der Waals surface area contributed by atoms with Crippen LogP contribution in [0, 0.1) is 5.92 Å². The van der Waals surface area contributed by atoms with E-state index in [9.17, 15) is 18.0 Å². The van der Waals surface area contributed by atoms with Gasteiger partial charge in [0.25, 0.3) is 10.0 Å². The van der Waals surface area contributed by atoms with Crippen LogP contribution in [0.25, 0.3) is 0 Å². The van der Waals surface area contributed by atoms with Gasteiger partial charge in [-0.05, 0) is 24.3 Å². The molecule has 3 aliphatic rings. The molecule has 0 aromatic carbocycles. The summed E-state index contributed by atoms with van der Waals surface area (Å²) in [6.07, 6.45) is 4.71. The van der Waals surface area contributed by atoms with Crippen LogP contribution < -0.4 is 0 Å². The summed E-state index contributed by atoms with van der Waals surface area (Å²) in [4.78, 5) is 28.9. The van der Waals surface area contributed by atoms with Crippen LogP contribution in [0.2, 0.25) is 0 Å². The average molecular weight is 412 g/mol. The van der Waals surface area contributed by atoms with Crippen LogP contribution in [0.4, 0.5) is 0 Å². The number of carbonyl (C=O) groups is 2. The minimum absolute atomic E-state index is 0.00276. The lowest BCUT2D eigenvalue weighted by molar-refractivity contribution is -0.137. The third-order valence-corrected chi connectivity index (χ3v) is 9.18. The van der Waals surface area contributed by atoms with E-state index in [0.717, 1.165) is 25.7 Å². The van der Waals surface area contributed by atoms with Crippen LogP contribution in [-0.4, -0.2) is 73.1 Å². The molecule has 0 unspecified atom stereocenters. The van der Waals surface area contributed by atoms with Crippen molar-refractivity contribution in [2.75, 3.05) is 32.7 Å². The van der Waals surface area contributed by atoms with Crippen molar-refractivity contribution < 1.29 is 18.0 Å². The second kappa shape index (κ2) is 7.52. The Labute approximate surface area is 164 Å². The summed E-state index contributed by atoms with van der Waals surface area (Å²) in [7, 11) is -3.46. The van der Waals surface area contributed by atoms with E-state index in [1.165, 1.54) is 15.6 Å². The first-order chi connectivity index (χ1) is 13.0. The van der Waals surface area contributed by atoms with Gasteiger partial charge in [-0.3, -0.25) is 9.59 Å². The summed E-state index contributed by atoms with van der Waals surface area (Å²) in [6.45, 7) is 1.91. The molecule has 1 aliphatic carbocycles. The molecule has 0 radical (unpaired) electrons. The van der Waals surface area contributed by atoms with Crippen molar-refractivity contribution in [2.24, 2.45) is 5.92 Å². The summed E-state index contributed by atoms with van der Waals surface area (Å²) in [5, 5.41) is 1.75. The van der Waals surface area contributed by atoms with Crippen LogP contribution in [-0.2, 0) is 19.6 Å². The zero-order valence-electron chi connectivity index (χ0n) is 15.2. The second-order valence-corrected chi connectivity index (χ2v) is 10.7. The van der Waals surface area contributed by atoms with Crippen molar-refractivity contribution in [2.45, 2.75) is 42.4 Å². The summed E-state index contributed by atoms with van der Waals surface area (Å²) in [5.41, 5.74) is 0. The molecule has 1 aromatic heterocycles. The van der Waals surface area contributed by atoms with E-state index in [1.807, 2.05) is 4.90 Å². The third kappa shape index (κ3) is 3.64. The van der Waals surface area contributed by atoms with Gasteiger partial charge in [-0.15, -0.1) is 11.3 Å². The number of likely N-dealkylation sites (tertiary alicyclic amines) is 1. The summed E-state index contributed by atoms with van der Waals surface area (Å²) in [6, 6.07) is 3.65. The smallest absolute Gasteiger partial charge is 0.252 e. The fraction of sp³-hybridized carbons (Fsp3) is 0.667. The van der Waals surface area contributed by atoms with Crippen LogP contribution >= 0.6 is 11.3 Å². The van der Waals surface area contributed by atoms with Gasteiger partial charge in [0.1, 0.15) is 4.21 Å². The lowest BCUT2D eigenvalue weighted by Crippen LogP contribution is -2.52. The molecule has 4 rings (SSSR count). The number of nitrogens with zero attached hydrogens (tertiary/aromatic N) is 3. The van der Waals surface area contributed by atoms with E-state index < -0.39 is 10.0 Å². The molecule has 0 bridgehead atoms. The zero-order chi connectivity index (χ0) is 19.0. The van der Waals surface area contributed by atoms with Crippen LogP contribution in [0.1, 0.15) is 32.1 Å². The molecule has 1 aromatic rings. The molecule has 27 heavy (non-hydrogen) atoms. The molecule has 2 aliphatic heterocycles. The Morgan fingerprint density at radius 1 is 1.11 bits per heavy atom. The number of piperazine rings is 1. The number of rotatable bonds is 4. The van der Waals surface area contributed by atoms with Gasteiger partial charge < -0.3 is 9.80 Å². The SMILES string of the molecule is O=C([C@H]1CC(=O)N(C2CCCC2)C1)N1CCN(S(=O)(=O)c2cccs2)CC1. The van der Waals surface area contributed by atoms with Crippen molar-refractivity contribution in [3.05, 3.63) is 17.5 Å². The molecule has 0 N–H and O–H groups in total. The second-order valence-electron chi connectivity index (χ2n) is 7.55. The predicted octanol–water partition coefficient (Wildman–Crippen LogP) is 1.37. The van der Waals surface area contributed by atoms with Crippen molar-refractivity contribution in [1.29, 1.82) is 0 Å². The molecular weight excluding hydrogens is 386 g/mol. The Bertz CT molecular complexity index is 795. The van der Waals surface area contributed by atoms with Gasteiger partial charge in [0.2, 0.25) is 11.8 Å². The molecule has 9 heteroatoms. The number of amides is 2. The molecule has 0 spiro atoms. The quantitative estimate of drug-likeness (QED) is 0.750. The van der Waals surface area contributed by atoms with Crippen molar-refractivity contribution >= 4 is 33.2 Å². The molecule has 2 amide bonds. The monoisotopic (exact) mass is 411 g/mol. The summed E-state index contributed by atoms with van der Waals surface area (Å²) >= 11 is 1.21. The molecular formula is C18H25N3O4S2. The van der Waals surface area contributed by atoms with Crippen LogP contribution in [0.15, 0.2) is 21.7 Å². The number of carbonyl (C=O) groups excluding carboxylic acids is 2. The van der Waals surface area contributed by atoms with Gasteiger partial charge in [0.15, 0.2) is 0 Å². The molecule has 7 nitrogen and oxygen atoms in total. The molecule has 3 fully saturated rings. The van der Waals surface area contributed by atoms with Crippen molar-refractivity contribution in [3.8, 4) is 0 Å². The lowest BCUT2D eigenvalue weighted by Gasteiger charge is -2.35. The maximum absolute atomic E-state index is 12.9. The first-order valence-corrected chi connectivity index (χ1v) is 11.9. The lowest BCUT2D eigenvalue weighted by atomic mass is 10.1. The molecule has 1 atom stereocenters. The van der Waals surface area contributed by atoms with E-state index in [0.29, 0.717) is 49.4 Å². The molecule has 1 saturated carbocycles. The number of hydrogen-bond donors (Lipinski definition) is 0. The Morgan fingerprint density at radius 3 is 2.44 bits per heavy atom.